The normalized spacial score (nSPS) is 11.4. The molecule has 0 saturated heterocycles. The van der Waals surface area contributed by atoms with Gasteiger partial charge in [-0.15, -0.1) is 0 Å². The van der Waals surface area contributed by atoms with Gasteiger partial charge in [-0.05, 0) is 26.0 Å². The SMILES string of the molecule is Cc1cc(Oc2cccc(F)c2)c(/C(N)=N/O)c(C)n1. The maximum Gasteiger partial charge on any atom is 0.175 e. The lowest BCUT2D eigenvalue weighted by atomic mass is 10.1. The lowest BCUT2D eigenvalue weighted by Gasteiger charge is -2.13. The summed E-state index contributed by atoms with van der Waals surface area (Å²) in [6.07, 6.45) is 0. The molecule has 5 nitrogen and oxygen atoms in total. The summed E-state index contributed by atoms with van der Waals surface area (Å²) >= 11 is 0. The van der Waals surface area contributed by atoms with E-state index in [9.17, 15) is 4.39 Å². The standard InChI is InChI=1S/C14H14FN3O2/c1-8-6-12(13(9(2)17-8)14(16)18-19)20-11-5-3-4-10(15)7-11/h3-7,19H,1-2H3,(H2,16,18). The highest BCUT2D eigenvalue weighted by Gasteiger charge is 2.15. The minimum atomic E-state index is -0.407. The molecule has 0 aliphatic rings. The third kappa shape index (κ3) is 2.85. The summed E-state index contributed by atoms with van der Waals surface area (Å²) in [5.74, 6) is 0.162. The Balaban J connectivity index is 2.50. The van der Waals surface area contributed by atoms with Crippen LogP contribution in [0, 0.1) is 19.7 Å². The van der Waals surface area contributed by atoms with Gasteiger partial charge < -0.3 is 15.7 Å². The number of hydrogen-bond acceptors (Lipinski definition) is 4. The number of hydrogen-bond donors (Lipinski definition) is 2. The summed E-state index contributed by atoms with van der Waals surface area (Å²) in [6.45, 7) is 3.51. The van der Waals surface area contributed by atoms with E-state index in [4.69, 9.17) is 15.7 Å². The Morgan fingerprint density at radius 3 is 2.75 bits per heavy atom. The molecule has 2 rings (SSSR count). The molecule has 2 aromatic rings. The molecule has 0 fully saturated rings. The fraction of sp³-hybridized carbons (Fsp3) is 0.143. The van der Waals surface area contributed by atoms with Crippen LogP contribution in [0.1, 0.15) is 17.0 Å². The van der Waals surface area contributed by atoms with Gasteiger partial charge in [0.05, 0.1) is 11.3 Å². The molecular weight excluding hydrogens is 261 g/mol. The molecule has 0 aliphatic heterocycles. The topological polar surface area (TPSA) is 80.7 Å². The van der Waals surface area contributed by atoms with E-state index in [2.05, 4.69) is 10.1 Å². The Hall–Kier alpha value is -2.63. The quantitative estimate of drug-likeness (QED) is 0.390. The van der Waals surface area contributed by atoms with Crippen LogP contribution < -0.4 is 10.5 Å². The van der Waals surface area contributed by atoms with E-state index in [1.807, 2.05) is 0 Å². The maximum atomic E-state index is 13.2. The van der Waals surface area contributed by atoms with Gasteiger partial charge in [-0.1, -0.05) is 11.2 Å². The molecule has 0 saturated carbocycles. The van der Waals surface area contributed by atoms with E-state index < -0.39 is 5.82 Å². The first-order valence-electron chi connectivity index (χ1n) is 5.91. The molecule has 6 heteroatoms. The van der Waals surface area contributed by atoms with Crippen LogP contribution in [0.25, 0.3) is 0 Å². The fourth-order valence-electron chi connectivity index (χ4n) is 1.89. The van der Waals surface area contributed by atoms with Crippen LogP contribution in [0.3, 0.4) is 0 Å². The summed E-state index contributed by atoms with van der Waals surface area (Å²) in [4.78, 5) is 4.24. The van der Waals surface area contributed by atoms with Crippen molar-refractivity contribution in [2.75, 3.05) is 0 Å². The second-order valence-corrected chi connectivity index (χ2v) is 4.27. The van der Waals surface area contributed by atoms with Crippen LogP contribution >= 0.6 is 0 Å². The molecule has 3 N–H and O–H groups in total. The van der Waals surface area contributed by atoms with E-state index in [1.165, 1.54) is 18.2 Å². The van der Waals surface area contributed by atoms with Gasteiger partial charge in [-0.2, -0.15) is 0 Å². The third-order valence-electron chi connectivity index (χ3n) is 2.68. The van der Waals surface area contributed by atoms with Crippen molar-refractivity contribution < 1.29 is 14.3 Å². The van der Waals surface area contributed by atoms with Gasteiger partial charge in [-0.25, -0.2) is 4.39 Å². The highest BCUT2D eigenvalue weighted by atomic mass is 19.1. The van der Waals surface area contributed by atoms with Gasteiger partial charge in [0.25, 0.3) is 0 Å². The van der Waals surface area contributed by atoms with Crippen LogP contribution in [0.15, 0.2) is 35.5 Å². The predicted molar refractivity (Wildman–Crippen MR) is 72.7 cm³/mol. The average molecular weight is 275 g/mol. The van der Waals surface area contributed by atoms with Crippen molar-refractivity contribution in [1.82, 2.24) is 4.98 Å². The number of pyridine rings is 1. The number of amidine groups is 1. The molecule has 1 aromatic carbocycles. The Morgan fingerprint density at radius 1 is 1.35 bits per heavy atom. The first kappa shape index (κ1) is 13.8. The maximum absolute atomic E-state index is 13.2. The van der Waals surface area contributed by atoms with Gasteiger partial charge in [0.1, 0.15) is 17.3 Å². The lowest BCUT2D eigenvalue weighted by molar-refractivity contribution is 0.318. The van der Waals surface area contributed by atoms with Crippen molar-refractivity contribution in [1.29, 1.82) is 0 Å². The molecular formula is C14H14FN3O2. The van der Waals surface area contributed by atoms with Crippen LogP contribution in [0.4, 0.5) is 4.39 Å². The van der Waals surface area contributed by atoms with Gasteiger partial charge in [0.2, 0.25) is 0 Å². The van der Waals surface area contributed by atoms with Crippen molar-refractivity contribution in [3.63, 3.8) is 0 Å². The van der Waals surface area contributed by atoms with Gasteiger partial charge in [0, 0.05) is 17.8 Å². The zero-order valence-electron chi connectivity index (χ0n) is 11.1. The van der Waals surface area contributed by atoms with E-state index in [-0.39, 0.29) is 5.84 Å². The highest BCUT2D eigenvalue weighted by Crippen LogP contribution is 2.28. The zero-order valence-corrected chi connectivity index (χ0v) is 11.1. The summed E-state index contributed by atoms with van der Waals surface area (Å²) in [7, 11) is 0. The minimum absolute atomic E-state index is 0.110. The minimum Gasteiger partial charge on any atom is -0.456 e. The highest BCUT2D eigenvalue weighted by molar-refractivity contribution is 6.00. The zero-order chi connectivity index (χ0) is 14.7. The van der Waals surface area contributed by atoms with E-state index >= 15 is 0 Å². The first-order chi connectivity index (χ1) is 9.51. The number of halogens is 1. The molecule has 0 radical (unpaired) electrons. The molecule has 0 aliphatic carbocycles. The Bertz CT molecular complexity index is 671. The van der Waals surface area contributed by atoms with Crippen LogP contribution in [-0.2, 0) is 0 Å². The summed E-state index contributed by atoms with van der Waals surface area (Å²) < 4.78 is 18.8. The largest absolute Gasteiger partial charge is 0.456 e. The Kier molecular flexibility index (Phi) is 3.84. The van der Waals surface area contributed by atoms with Crippen LogP contribution in [0.2, 0.25) is 0 Å². The Morgan fingerprint density at radius 2 is 2.10 bits per heavy atom. The molecule has 0 amide bonds. The number of aromatic nitrogens is 1. The number of ether oxygens (including phenoxy) is 1. The molecule has 1 aromatic heterocycles. The van der Waals surface area contributed by atoms with Crippen molar-refractivity contribution in [2.45, 2.75) is 13.8 Å². The molecule has 20 heavy (non-hydrogen) atoms. The molecule has 0 spiro atoms. The van der Waals surface area contributed by atoms with Crippen LogP contribution in [-0.4, -0.2) is 16.0 Å². The molecule has 0 bridgehead atoms. The summed E-state index contributed by atoms with van der Waals surface area (Å²) in [5.41, 5.74) is 7.29. The van der Waals surface area contributed by atoms with Crippen LogP contribution in [0.5, 0.6) is 11.5 Å². The summed E-state index contributed by atoms with van der Waals surface area (Å²) in [5, 5.41) is 11.8. The number of nitrogens with two attached hydrogens (primary N) is 1. The van der Waals surface area contributed by atoms with Gasteiger partial charge in [-0.3, -0.25) is 4.98 Å². The number of aryl methyl sites for hydroxylation is 2. The van der Waals surface area contributed by atoms with E-state index in [0.29, 0.717) is 28.5 Å². The molecule has 104 valence electrons. The monoisotopic (exact) mass is 275 g/mol. The Labute approximate surface area is 115 Å². The number of rotatable bonds is 3. The van der Waals surface area contributed by atoms with E-state index in [0.717, 1.165) is 0 Å². The van der Waals surface area contributed by atoms with Crippen molar-refractivity contribution in [2.24, 2.45) is 10.9 Å². The number of benzene rings is 1. The van der Waals surface area contributed by atoms with Gasteiger partial charge >= 0.3 is 0 Å². The average Bonchev–Trinajstić information content (AvgIpc) is 2.37. The fourth-order valence-corrected chi connectivity index (χ4v) is 1.89. The number of oxime groups is 1. The smallest absolute Gasteiger partial charge is 0.175 e. The van der Waals surface area contributed by atoms with Gasteiger partial charge in [0.15, 0.2) is 5.84 Å². The van der Waals surface area contributed by atoms with E-state index in [1.54, 1.807) is 26.0 Å². The third-order valence-corrected chi connectivity index (χ3v) is 2.68. The molecule has 0 unspecified atom stereocenters. The first-order valence-corrected chi connectivity index (χ1v) is 5.91. The molecule has 1 heterocycles. The van der Waals surface area contributed by atoms with Crippen molar-refractivity contribution in [3.05, 3.63) is 53.1 Å². The second kappa shape index (κ2) is 5.56. The predicted octanol–water partition coefficient (Wildman–Crippen LogP) is 2.72. The lowest BCUT2D eigenvalue weighted by Crippen LogP contribution is -2.17. The number of nitrogens with zero attached hydrogens (tertiary/aromatic N) is 2. The van der Waals surface area contributed by atoms with Crippen molar-refractivity contribution in [3.8, 4) is 11.5 Å². The van der Waals surface area contributed by atoms with Crippen molar-refractivity contribution >= 4 is 5.84 Å². The molecule has 0 atom stereocenters. The summed E-state index contributed by atoms with van der Waals surface area (Å²) in [6, 6.07) is 7.37. The second-order valence-electron chi connectivity index (χ2n) is 4.27.